The maximum absolute atomic E-state index is 12.0. The van der Waals surface area contributed by atoms with Crippen LogP contribution in [0.5, 0.6) is 5.95 Å². The Kier molecular flexibility index (Phi) is 2.74. The first-order valence-electron chi connectivity index (χ1n) is 6.17. The van der Waals surface area contributed by atoms with Gasteiger partial charge in [0, 0.05) is 23.7 Å². The van der Waals surface area contributed by atoms with Crippen LogP contribution in [0.2, 0.25) is 0 Å². The molecule has 0 spiro atoms. The highest BCUT2D eigenvalue weighted by Gasteiger charge is 2.27. The molecule has 0 amide bonds. The summed E-state index contributed by atoms with van der Waals surface area (Å²) in [5.74, 6) is -0.301. The van der Waals surface area contributed by atoms with Crippen molar-refractivity contribution in [1.29, 1.82) is 0 Å². The molecule has 0 aliphatic heterocycles. The molecule has 98 valence electrons. The lowest BCUT2D eigenvalue weighted by Crippen LogP contribution is -2.11. The minimum atomic E-state index is -0.533. The van der Waals surface area contributed by atoms with E-state index >= 15 is 0 Å². The second-order valence-electron chi connectivity index (χ2n) is 4.58. The summed E-state index contributed by atoms with van der Waals surface area (Å²) in [6.45, 7) is 1.76. The summed E-state index contributed by atoms with van der Waals surface area (Å²) in [5.41, 5.74) is 2.48. The molecular weight excluding hydrogens is 246 g/mol. The van der Waals surface area contributed by atoms with E-state index in [1.807, 2.05) is 0 Å². The first-order valence-corrected chi connectivity index (χ1v) is 6.17. The predicted molar refractivity (Wildman–Crippen MR) is 66.5 cm³/mol. The van der Waals surface area contributed by atoms with Gasteiger partial charge in [-0.3, -0.25) is 4.79 Å². The smallest absolute Gasteiger partial charge is 0.362 e. The van der Waals surface area contributed by atoms with Crippen molar-refractivity contribution in [2.24, 2.45) is 0 Å². The number of aryl methyl sites for hydroxylation is 1. The van der Waals surface area contributed by atoms with Gasteiger partial charge in [0.05, 0.1) is 6.26 Å². The number of ketones is 1. The number of nitrogens with one attached hydrogen (secondary N) is 1. The van der Waals surface area contributed by atoms with E-state index in [2.05, 4.69) is 4.98 Å². The molecule has 0 atom stereocenters. The van der Waals surface area contributed by atoms with E-state index in [0.717, 1.165) is 18.5 Å². The van der Waals surface area contributed by atoms with Gasteiger partial charge in [-0.05, 0) is 31.4 Å². The Morgan fingerprint density at radius 3 is 2.95 bits per heavy atom. The van der Waals surface area contributed by atoms with E-state index in [4.69, 9.17) is 9.15 Å². The number of hydrogen-bond donors (Lipinski definition) is 1. The molecule has 0 fully saturated rings. The lowest BCUT2D eigenvalue weighted by atomic mass is 9.94. The fraction of sp³-hybridized carbons (Fsp3) is 0.286. The van der Waals surface area contributed by atoms with Crippen LogP contribution in [0.15, 0.2) is 22.8 Å². The molecule has 0 bridgehead atoms. The summed E-state index contributed by atoms with van der Waals surface area (Å²) in [6.07, 6.45) is 3.57. The van der Waals surface area contributed by atoms with E-state index in [1.165, 1.54) is 6.26 Å². The Bertz CT molecular complexity index is 637. The van der Waals surface area contributed by atoms with E-state index in [9.17, 15) is 9.59 Å². The molecule has 0 aromatic carbocycles. The summed E-state index contributed by atoms with van der Waals surface area (Å²) in [6, 6.07) is 3.19. The van der Waals surface area contributed by atoms with Gasteiger partial charge in [-0.25, -0.2) is 4.79 Å². The van der Waals surface area contributed by atoms with Crippen LogP contribution in [0.3, 0.4) is 0 Å². The van der Waals surface area contributed by atoms with Crippen molar-refractivity contribution in [2.75, 3.05) is 0 Å². The molecule has 1 aliphatic carbocycles. The number of Topliss-reactive ketones (excluding diaryl/α,β-unsaturated/α-hetero) is 1. The molecule has 5 heteroatoms. The largest absolute Gasteiger partial charge is 0.434 e. The number of H-pyrrole nitrogens is 1. The molecule has 3 rings (SSSR count). The number of aromatic amines is 1. The number of esters is 1. The number of carbonyl (C=O) groups is 2. The van der Waals surface area contributed by atoms with Gasteiger partial charge in [0.1, 0.15) is 5.69 Å². The summed E-state index contributed by atoms with van der Waals surface area (Å²) in [5, 5.41) is 0. The maximum Gasteiger partial charge on any atom is 0.362 e. The average Bonchev–Trinajstić information content (AvgIpc) is 2.98. The fourth-order valence-electron chi connectivity index (χ4n) is 2.44. The zero-order chi connectivity index (χ0) is 13.4. The summed E-state index contributed by atoms with van der Waals surface area (Å²) in [7, 11) is 0. The minimum absolute atomic E-state index is 0.0899. The van der Waals surface area contributed by atoms with Crippen LogP contribution < -0.4 is 4.74 Å². The second-order valence-corrected chi connectivity index (χ2v) is 4.58. The van der Waals surface area contributed by atoms with Crippen molar-refractivity contribution >= 4 is 11.8 Å². The van der Waals surface area contributed by atoms with Gasteiger partial charge >= 0.3 is 5.97 Å². The highest BCUT2D eigenvalue weighted by molar-refractivity contribution is 6.03. The van der Waals surface area contributed by atoms with E-state index in [0.29, 0.717) is 23.2 Å². The Morgan fingerprint density at radius 2 is 2.26 bits per heavy atom. The van der Waals surface area contributed by atoms with Gasteiger partial charge < -0.3 is 14.1 Å². The molecule has 0 saturated carbocycles. The van der Waals surface area contributed by atoms with Crippen LogP contribution in [-0.2, 0) is 6.42 Å². The highest BCUT2D eigenvalue weighted by atomic mass is 16.6. The SMILES string of the molecule is Cc1c(C(=O)Oc2ccco2)[nH]c2c1C(=O)CCC2. The number of furan rings is 1. The molecule has 1 aliphatic rings. The molecule has 2 aromatic rings. The van der Waals surface area contributed by atoms with Gasteiger partial charge in [-0.1, -0.05) is 0 Å². The van der Waals surface area contributed by atoms with Gasteiger partial charge in [0.25, 0.3) is 5.95 Å². The van der Waals surface area contributed by atoms with Gasteiger partial charge in [0.2, 0.25) is 0 Å². The number of hydrogen-bond acceptors (Lipinski definition) is 4. The maximum atomic E-state index is 12.0. The summed E-state index contributed by atoms with van der Waals surface area (Å²) >= 11 is 0. The molecule has 19 heavy (non-hydrogen) atoms. The fourth-order valence-corrected chi connectivity index (χ4v) is 2.44. The monoisotopic (exact) mass is 259 g/mol. The Hall–Kier alpha value is -2.30. The van der Waals surface area contributed by atoms with Crippen molar-refractivity contribution < 1.29 is 18.7 Å². The van der Waals surface area contributed by atoms with Crippen molar-refractivity contribution in [3.63, 3.8) is 0 Å². The molecule has 0 saturated heterocycles. The van der Waals surface area contributed by atoms with Crippen molar-refractivity contribution in [3.05, 3.63) is 40.9 Å². The number of aromatic nitrogens is 1. The number of fused-ring (bicyclic) bond motifs is 1. The molecule has 2 aromatic heterocycles. The zero-order valence-electron chi connectivity index (χ0n) is 10.5. The van der Waals surface area contributed by atoms with Crippen LogP contribution in [0, 0.1) is 6.92 Å². The second kappa shape index (κ2) is 4.42. The van der Waals surface area contributed by atoms with Gasteiger partial charge in [0.15, 0.2) is 5.78 Å². The third kappa shape index (κ3) is 1.97. The standard InChI is InChI=1S/C14H13NO4/c1-8-12-9(4-2-5-10(12)16)15-13(8)14(17)19-11-6-3-7-18-11/h3,6-7,15H,2,4-5H2,1H3. The van der Waals surface area contributed by atoms with Crippen molar-refractivity contribution in [3.8, 4) is 5.95 Å². The van der Waals surface area contributed by atoms with E-state index in [-0.39, 0.29) is 11.7 Å². The van der Waals surface area contributed by atoms with Crippen LogP contribution >= 0.6 is 0 Å². The van der Waals surface area contributed by atoms with Crippen LogP contribution in [0.1, 0.15) is 44.9 Å². The predicted octanol–water partition coefficient (Wildman–Crippen LogP) is 2.65. The molecule has 2 heterocycles. The Balaban J connectivity index is 1.93. The Labute approximate surface area is 109 Å². The normalized spacial score (nSPS) is 14.3. The first-order chi connectivity index (χ1) is 9.16. The lowest BCUT2D eigenvalue weighted by Gasteiger charge is -2.09. The highest BCUT2D eigenvalue weighted by Crippen LogP contribution is 2.27. The van der Waals surface area contributed by atoms with Crippen LogP contribution in [0.4, 0.5) is 0 Å². The third-order valence-corrected chi connectivity index (χ3v) is 3.33. The van der Waals surface area contributed by atoms with Crippen molar-refractivity contribution in [2.45, 2.75) is 26.2 Å². The number of ether oxygens (including phenoxy) is 1. The van der Waals surface area contributed by atoms with Crippen molar-refractivity contribution in [1.82, 2.24) is 4.98 Å². The summed E-state index contributed by atoms with van der Waals surface area (Å²) in [4.78, 5) is 26.9. The lowest BCUT2D eigenvalue weighted by molar-refractivity contribution is 0.0687. The third-order valence-electron chi connectivity index (χ3n) is 3.33. The molecule has 0 unspecified atom stereocenters. The summed E-state index contributed by atoms with van der Waals surface area (Å²) < 4.78 is 10.1. The van der Waals surface area contributed by atoms with E-state index < -0.39 is 5.97 Å². The molecule has 1 N–H and O–H groups in total. The van der Waals surface area contributed by atoms with Crippen LogP contribution in [0.25, 0.3) is 0 Å². The molecule has 0 radical (unpaired) electrons. The molecular formula is C14H13NO4. The Morgan fingerprint density at radius 1 is 1.42 bits per heavy atom. The first kappa shape index (κ1) is 11.8. The molecule has 5 nitrogen and oxygen atoms in total. The quantitative estimate of drug-likeness (QED) is 0.841. The minimum Gasteiger partial charge on any atom is -0.434 e. The topological polar surface area (TPSA) is 72.3 Å². The zero-order valence-corrected chi connectivity index (χ0v) is 10.5. The van der Waals surface area contributed by atoms with Crippen LogP contribution in [-0.4, -0.2) is 16.7 Å². The van der Waals surface area contributed by atoms with Gasteiger partial charge in [-0.2, -0.15) is 0 Å². The average molecular weight is 259 g/mol. The van der Waals surface area contributed by atoms with E-state index in [1.54, 1.807) is 19.1 Å². The number of rotatable bonds is 2. The number of carbonyl (C=O) groups excluding carboxylic acids is 2. The van der Waals surface area contributed by atoms with Gasteiger partial charge in [-0.15, -0.1) is 0 Å².